The van der Waals surface area contributed by atoms with Gasteiger partial charge in [0.05, 0.1) is 12.3 Å². The van der Waals surface area contributed by atoms with Crippen molar-refractivity contribution < 1.29 is 4.74 Å². The van der Waals surface area contributed by atoms with Gasteiger partial charge in [-0.3, -0.25) is 4.90 Å². The van der Waals surface area contributed by atoms with Crippen LogP contribution in [-0.2, 0) is 19.4 Å². The van der Waals surface area contributed by atoms with E-state index in [1.807, 2.05) is 11.3 Å². The van der Waals surface area contributed by atoms with Crippen molar-refractivity contribution in [2.24, 2.45) is 0 Å². The number of ether oxygens (including phenoxy) is 1. The number of anilines is 1. The zero-order chi connectivity index (χ0) is 18.4. The smallest absolute Gasteiger partial charge is 0.185 e. The van der Waals surface area contributed by atoms with Crippen LogP contribution in [0.4, 0.5) is 5.13 Å². The molecule has 0 N–H and O–H groups in total. The van der Waals surface area contributed by atoms with Crippen LogP contribution < -0.4 is 9.64 Å². The molecule has 5 rings (SSSR count). The molecular weight excluding hydrogens is 356 g/mol. The lowest BCUT2D eigenvalue weighted by Crippen LogP contribution is -2.47. The number of fused-ring (bicyclic) bond motifs is 2. The van der Waals surface area contributed by atoms with Crippen molar-refractivity contribution in [1.82, 2.24) is 14.8 Å². The molecule has 0 saturated carbocycles. The molecule has 1 saturated heterocycles. The summed E-state index contributed by atoms with van der Waals surface area (Å²) >= 11 is 1.90. The van der Waals surface area contributed by atoms with Gasteiger partial charge in [0.2, 0.25) is 0 Å². The fraction of sp³-hybridized carbons (Fsp3) is 0.571. The van der Waals surface area contributed by atoms with E-state index in [0.717, 1.165) is 64.5 Å². The van der Waals surface area contributed by atoms with Crippen LogP contribution in [0.25, 0.3) is 0 Å². The highest BCUT2D eigenvalue weighted by molar-refractivity contribution is 7.15. The van der Waals surface area contributed by atoms with Crippen LogP contribution in [0.3, 0.4) is 0 Å². The zero-order valence-electron chi connectivity index (χ0n) is 16.3. The summed E-state index contributed by atoms with van der Waals surface area (Å²) < 4.78 is 5.76. The van der Waals surface area contributed by atoms with Gasteiger partial charge in [0, 0.05) is 63.0 Å². The summed E-state index contributed by atoms with van der Waals surface area (Å²) in [5.74, 6) is 1.09. The molecule has 6 heteroatoms. The molecule has 1 aromatic heterocycles. The molecule has 1 unspecified atom stereocenters. The molecule has 5 nitrogen and oxygen atoms in total. The van der Waals surface area contributed by atoms with E-state index in [2.05, 4.69) is 46.9 Å². The molecule has 1 fully saturated rings. The summed E-state index contributed by atoms with van der Waals surface area (Å²) in [4.78, 5) is 13.9. The van der Waals surface area contributed by atoms with Crippen LogP contribution in [0, 0.1) is 0 Å². The summed E-state index contributed by atoms with van der Waals surface area (Å²) in [5.41, 5.74) is 4.06. The molecule has 1 aromatic carbocycles. The Bertz CT molecular complexity index is 828. The number of likely N-dealkylation sites (N-methyl/N-ethyl adjacent to an activating group) is 1. The Morgan fingerprint density at radius 1 is 1.11 bits per heavy atom. The summed E-state index contributed by atoms with van der Waals surface area (Å²) in [6, 6.07) is 7.22. The van der Waals surface area contributed by atoms with Crippen molar-refractivity contribution in [1.29, 1.82) is 0 Å². The number of thiazole rings is 1. The first-order valence-corrected chi connectivity index (χ1v) is 10.9. The molecule has 0 aliphatic carbocycles. The van der Waals surface area contributed by atoms with Gasteiger partial charge in [-0.25, -0.2) is 4.98 Å². The molecule has 0 radical (unpaired) electrons. The first kappa shape index (κ1) is 17.5. The number of hydrogen-bond acceptors (Lipinski definition) is 6. The minimum atomic E-state index is 0.430. The molecule has 1 atom stereocenters. The minimum absolute atomic E-state index is 0.430. The fourth-order valence-corrected chi connectivity index (χ4v) is 5.64. The molecule has 0 amide bonds. The Morgan fingerprint density at radius 2 is 1.96 bits per heavy atom. The Labute approximate surface area is 165 Å². The van der Waals surface area contributed by atoms with Crippen LogP contribution >= 0.6 is 11.3 Å². The lowest BCUT2D eigenvalue weighted by atomic mass is 10.0. The van der Waals surface area contributed by atoms with Crippen molar-refractivity contribution in [3.05, 3.63) is 39.9 Å². The average Bonchev–Trinajstić information content (AvgIpc) is 3.33. The molecule has 3 aliphatic heterocycles. The fourth-order valence-electron chi connectivity index (χ4n) is 4.40. The second kappa shape index (κ2) is 7.08. The van der Waals surface area contributed by atoms with Gasteiger partial charge in [-0.1, -0.05) is 12.1 Å². The van der Waals surface area contributed by atoms with Gasteiger partial charge >= 0.3 is 0 Å². The van der Waals surface area contributed by atoms with Gasteiger partial charge in [0.1, 0.15) is 5.75 Å². The van der Waals surface area contributed by atoms with E-state index in [1.165, 1.54) is 26.8 Å². The number of nitrogens with zero attached hydrogens (tertiary/aromatic N) is 4. The van der Waals surface area contributed by atoms with E-state index in [9.17, 15) is 0 Å². The monoisotopic (exact) mass is 384 g/mol. The molecule has 2 aromatic rings. The molecule has 3 aliphatic rings. The van der Waals surface area contributed by atoms with Gasteiger partial charge in [-0.05, 0) is 31.2 Å². The van der Waals surface area contributed by atoms with Gasteiger partial charge < -0.3 is 14.5 Å². The van der Waals surface area contributed by atoms with Crippen molar-refractivity contribution in [3.8, 4) is 5.75 Å². The maximum Gasteiger partial charge on any atom is 0.185 e. The van der Waals surface area contributed by atoms with Crippen LogP contribution in [0.1, 0.15) is 34.7 Å². The van der Waals surface area contributed by atoms with Gasteiger partial charge in [0.25, 0.3) is 0 Å². The van der Waals surface area contributed by atoms with E-state index in [1.54, 1.807) is 0 Å². The third kappa shape index (κ3) is 3.35. The lowest BCUT2D eigenvalue weighted by molar-refractivity contribution is 0.198. The van der Waals surface area contributed by atoms with Crippen molar-refractivity contribution >= 4 is 16.5 Å². The van der Waals surface area contributed by atoms with E-state index in [-0.39, 0.29) is 0 Å². The first-order valence-electron chi connectivity index (χ1n) is 10.1. The van der Waals surface area contributed by atoms with Gasteiger partial charge in [0.15, 0.2) is 5.13 Å². The summed E-state index contributed by atoms with van der Waals surface area (Å²) in [6.45, 7) is 9.65. The van der Waals surface area contributed by atoms with Crippen molar-refractivity contribution in [2.75, 3.05) is 51.3 Å². The quantitative estimate of drug-likeness (QED) is 0.812. The van der Waals surface area contributed by atoms with Gasteiger partial charge in [-0.15, -0.1) is 11.3 Å². The van der Waals surface area contributed by atoms with Crippen molar-refractivity contribution in [2.45, 2.75) is 32.4 Å². The summed E-state index contributed by atoms with van der Waals surface area (Å²) in [6.07, 6.45) is 2.15. The van der Waals surface area contributed by atoms with Crippen LogP contribution in [0.5, 0.6) is 5.75 Å². The number of aromatic nitrogens is 1. The third-order valence-corrected chi connectivity index (χ3v) is 7.39. The highest BCUT2D eigenvalue weighted by Gasteiger charge is 2.26. The standard InChI is InChI=1S/C21H28N4OS/c1-15(17-4-3-16-6-12-26-19(16)13-17)24-8-10-25(11-9-24)21-22-18-5-7-23(2)14-20(18)27-21/h3-4,13,15H,5-12,14H2,1-2H3. The highest BCUT2D eigenvalue weighted by Crippen LogP contribution is 2.33. The molecule has 0 bridgehead atoms. The Balaban J connectivity index is 1.24. The number of rotatable bonds is 3. The van der Waals surface area contributed by atoms with Crippen LogP contribution in [-0.4, -0.2) is 61.2 Å². The maximum atomic E-state index is 5.76. The Hall–Kier alpha value is -1.63. The number of hydrogen-bond donors (Lipinski definition) is 0. The molecule has 144 valence electrons. The molecule has 27 heavy (non-hydrogen) atoms. The summed E-state index contributed by atoms with van der Waals surface area (Å²) in [7, 11) is 2.20. The molecular formula is C21H28N4OS. The molecule has 4 heterocycles. The maximum absolute atomic E-state index is 5.76. The first-order chi connectivity index (χ1) is 13.2. The highest BCUT2D eigenvalue weighted by atomic mass is 32.1. The average molecular weight is 385 g/mol. The predicted octanol–water partition coefficient (Wildman–Crippen LogP) is 2.95. The van der Waals surface area contributed by atoms with Crippen LogP contribution in [0.2, 0.25) is 0 Å². The second-order valence-electron chi connectivity index (χ2n) is 8.02. The minimum Gasteiger partial charge on any atom is -0.493 e. The Kier molecular flexibility index (Phi) is 4.58. The van der Waals surface area contributed by atoms with E-state index < -0.39 is 0 Å². The van der Waals surface area contributed by atoms with E-state index in [4.69, 9.17) is 9.72 Å². The largest absolute Gasteiger partial charge is 0.493 e. The van der Waals surface area contributed by atoms with Crippen LogP contribution in [0.15, 0.2) is 18.2 Å². The Morgan fingerprint density at radius 3 is 2.81 bits per heavy atom. The lowest BCUT2D eigenvalue weighted by Gasteiger charge is -2.38. The van der Waals surface area contributed by atoms with E-state index in [0.29, 0.717) is 6.04 Å². The topological polar surface area (TPSA) is 31.8 Å². The number of benzene rings is 1. The second-order valence-corrected chi connectivity index (χ2v) is 9.08. The predicted molar refractivity (Wildman–Crippen MR) is 110 cm³/mol. The summed E-state index contributed by atoms with van der Waals surface area (Å²) in [5, 5.41) is 1.23. The number of piperazine rings is 1. The van der Waals surface area contributed by atoms with Crippen molar-refractivity contribution in [3.63, 3.8) is 0 Å². The SMILES string of the molecule is CC(c1ccc2c(c1)OCC2)N1CCN(c2nc3c(s2)CN(C)CC3)CC1. The molecule has 0 spiro atoms. The van der Waals surface area contributed by atoms with E-state index >= 15 is 0 Å². The third-order valence-electron chi connectivity index (χ3n) is 6.25. The van der Waals surface area contributed by atoms with Gasteiger partial charge in [-0.2, -0.15) is 0 Å². The normalized spacial score (nSPS) is 21.6. The zero-order valence-corrected chi connectivity index (χ0v) is 17.1.